The maximum Gasteiger partial charge on any atom is 0.243 e. The average Bonchev–Trinajstić information content (AvgIpc) is 3.10. The Labute approximate surface area is 160 Å². The van der Waals surface area contributed by atoms with Gasteiger partial charge in [-0.2, -0.15) is 0 Å². The fraction of sp³-hybridized carbons (Fsp3) is 0.600. The van der Waals surface area contributed by atoms with E-state index in [2.05, 4.69) is 62.3 Å². The van der Waals surface area contributed by atoms with Crippen LogP contribution in [-0.4, -0.2) is 51.4 Å². The van der Waals surface area contributed by atoms with E-state index < -0.39 is 0 Å². The molecule has 3 rings (SSSR count). The number of amides is 2. The third-order valence-electron chi connectivity index (χ3n) is 5.55. The Morgan fingerprint density at radius 1 is 1.35 bits per heavy atom. The van der Waals surface area contributed by atoms with Crippen LogP contribution in [-0.2, 0) is 22.7 Å². The molecule has 2 aliphatic rings. The Kier molecular flexibility index (Phi) is 5.63. The Morgan fingerprint density at radius 2 is 2.00 bits per heavy atom. The molecule has 0 spiro atoms. The van der Waals surface area contributed by atoms with Crippen LogP contribution in [0.25, 0.3) is 0 Å². The molecule has 26 heavy (non-hydrogen) atoms. The first-order chi connectivity index (χ1) is 12.3. The largest absolute Gasteiger partial charge is 0.350 e. The second kappa shape index (κ2) is 7.61. The predicted molar refractivity (Wildman–Crippen MR) is 106 cm³/mol. The summed E-state index contributed by atoms with van der Waals surface area (Å²) < 4.78 is 0. The van der Waals surface area contributed by atoms with E-state index in [4.69, 9.17) is 0 Å². The van der Waals surface area contributed by atoms with E-state index in [9.17, 15) is 9.59 Å². The molecule has 1 N–H and O–H groups in total. The molecule has 0 unspecified atom stereocenters. The zero-order chi connectivity index (χ0) is 18.9. The predicted octanol–water partition coefficient (Wildman–Crippen LogP) is 2.60. The molecule has 0 aliphatic carbocycles. The lowest BCUT2D eigenvalue weighted by atomic mass is 10.1. The van der Waals surface area contributed by atoms with Gasteiger partial charge >= 0.3 is 0 Å². The maximum atomic E-state index is 12.6. The van der Waals surface area contributed by atoms with E-state index in [1.165, 1.54) is 5.56 Å². The number of hydrogen-bond acceptors (Lipinski definition) is 4. The number of nitrogens with one attached hydrogen (secondary N) is 1. The zero-order valence-corrected chi connectivity index (χ0v) is 16.9. The average molecular weight is 376 g/mol. The second-order valence-electron chi connectivity index (χ2n) is 7.81. The molecule has 5 nitrogen and oxygen atoms in total. The van der Waals surface area contributed by atoms with Gasteiger partial charge in [0.15, 0.2) is 0 Å². The third kappa shape index (κ3) is 3.91. The molecule has 2 heterocycles. The molecule has 0 saturated carbocycles. The summed E-state index contributed by atoms with van der Waals surface area (Å²) in [6.45, 7) is 7.85. The Morgan fingerprint density at radius 3 is 2.65 bits per heavy atom. The Balaban J connectivity index is 1.54. The molecule has 1 aromatic carbocycles. The molecule has 2 atom stereocenters. The van der Waals surface area contributed by atoms with Crippen molar-refractivity contribution in [2.45, 2.75) is 63.7 Å². The number of nitrogens with zero attached hydrogens (tertiary/aromatic N) is 2. The highest BCUT2D eigenvalue weighted by molar-refractivity contribution is 8.01. The van der Waals surface area contributed by atoms with E-state index in [0.29, 0.717) is 24.8 Å². The lowest BCUT2D eigenvalue weighted by Crippen LogP contribution is -2.49. The van der Waals surface area contributed by atoms with Gasteiger partial charge in [-0.3, -0.25) is 14.5 Å². The number of hydrogen-bond donors (Lipinski definition) is 1. The van der Waals surface area contributed by atoms with Crippen molar-refractivity contribution in [2.24, 2.45) is 0 Å². The highest BCUT2D eigenvalue weighted by Crippen LogP contribution is 2.47. The highest BCUT2D eigenvalue weighted by atomic mass is 32.2. The van der Waals surface area contributed by atoms with Crippen molar-refractivity contribution in [2.75, 3.05) is 12.8 Å². The summed E-state index contributed by atoms with van der Waals surface area (Å²) in [5, 5.41) is 3.01. The minimum absolute atomic E-state index is 0.0416. The molecule has 2 aliphatic heterocycles. The minimum Gasteiger partial charge on any atom is -0.350 e. The number of thioether (sulfide) groups is 1. The van der Waals surface area contributed by atoms with Crippen molar-refractivity contribution in [1.29, 1.82) is 0 Å². The zero-order valence-electron chi connectivity index (χ0n) is 16.1. The fourth-order valence-electron chi connectivity index (χ4n) is 3.55. The smallest absolute Gasteiger partial charge is 0.243 e. The van der Waals surface area contributed by atoms with E-state index in [1.54, 1.807) is 16.7 Å². The van der Waals surface area contributed by atoms with Gasteiger partial charge in [-0.1, -0.05) is 24.3 Å². The summed E-state index contributed by atoms with van der Waals surface area (Å²) in [5.74, 6) is 0.755. The summed E-state index contributed by atoms with van der Waals surface area (Å²) in [6, 6.07) is 8.55. The van der Waals surface area contributed by atoms with Crippen molar-refractivity contribution >= 4 is 23.6 Å². The van der Waals surface area contributed by atoms with Crippen molar-refractivity contribution in [3.05, 3.63) is 35.4 Å². The third-order valence-corrected chi connectivity index (χ3v) is 7.06. The van der Waals surface area contributed by atoms with Gasteiger partial charge in [0, 0.05) is 31.3 Å². The molecule has 0 radical (unpaired) electrons. The quantitative estimate of drug-likeness (QED) is 0.830. The van der Waals surface area contributed by atoms with Gasteiger partial charge < -0.3 is 10.2 Å². The molecule has 2 amide bonds. The summed E-state index contributed by atoms with van der Waals surface area (Å²) >= 11 is 1.73. The van der Waals surface area contributed by atoms with Gasteiger partial charge in [0.25, 0.3) is 0 Å². The van der Waals surface area contributed by atoms with Crippen LogP contribution in [0.4, 0.5) is 0 Å². The second-order valence-corrected chi connectivity index (χ2v) is 9.31. The molecule has 142 valence electrons. The van der Waals surface area contributed by atoms with Crippen LogP contribution in [0.5, 0.6) is 0 Å². The van der Waals surface area contributed by atoms with Crippen molar-refractivity contribution in [3.8, 4) is 0 Å². The van der Waals surface area contributed by atoms with Gasteiger partial charge in [-0.05, 0) is 45.4 Å². The molecule has 0 aromatic heterocycles. The van der Waals surface area contributed by atoms with Gasteiger partial charge in [0.2, 0.25) is 11.8 Å². The van der Waals surface area contributed by atoms with E-state index in [-0.39, 0.29) is 22.7 Å². The van der Waals surface area contributed by atoms with Crippen LogP contribution < -0.4 is 5.32 Å². The molecule has 2 fully saturated rings. The van der Waals surface area contributed by atoms with E-state index in [1.807, 2.05) is 0 Å². The Bertz CT molecular complexity index is 676. The minimum atomic E-state index is -0.334. The standard InChI is InChI=1S/C20H29N3O2S/c1-14(2)22(4)12-16-7-5-15(6-8-16)11-21-19(25)17-13-26-20(3)10-9-18(24)23(17)20/h5-8,14,17H,9-13H2,1-4H3,(H,21,25)/t17-,20+/m0/s1. The first kappa shape index (κ1) is 19.2. The van der Waals surface area contributed by atoms with Crippen molar-refractivity contribution < 1.29 is 9.59 Å². The van der Waals surface area contributed by atoms with Gasteiger partial charge in [0.05, 0.1) is 4.87 Å². The maximum absolute atomic E-state index is 12.6. The lowest BCUT2D eigenvalue weighted by Gasteiger charge is -2.29. The van der Waals surface area contributed by atoms with Crippen LogP contribution in [0.1, 0.15) is 44.7 Å². The van der Waals surface area contributed by atoms with Crippen LogP contribution >= 0.6 is 11.8 Å². The number of fused-ring (bicyclic) bond motifs is 1. The van der Waals surface area contributed by atoms with Gasteiger partial charge in [0.1, 0.15) is 6.04 Å². The van der Waals surface area contributed by atoms with Crippen LogP contribution in [0, 0.1) is 0 Å². The van der Waals surface area contributed by atoms with Gasteiger partial charge in [-0.15, -0.1) is 11.8 Å². The molecule has 1 aromatic rings. The van der Waals surface area contributed by atoms with Crippen molar-refractivity contribution in [1.82, 2.24) is 15.1 Å². The number of carbonyl (C=O) groups excluding carboxylic acids is 2. The summed E-state index contributed by atoms with van der Waals surface area (Å²) in [6.07, 6.45) is 1.39. The van der Waals surface area contributed by atoms with Crippen molar-refractivity contribution in [3.63, 3.8) is 0 Å². The normalized spacial score (nSPS) is 25.2. The fourth-order valence-corrected chi connectivity index (χ4v) is 4.99. The number of carbonyl (C=O) groups is 2. The number of benzene rings is 1. The van der Waals surface area contributed by atoms with E-state index in [0.717, 1.165) is 18.5 Å². The van der Waals surface area contributed by atoms with Crippen LogP contribution in [0.15, 0.2) is 24.3 Å². The topological polar surface area (TPSA) is 52.7 Å². The SMILES string of the molecule is CC(C)N(C)Cc1ccc(CNC(=O)[C@@H]2CS[C@]3(C)CCC(=O)N23)cc1. The first-order valence-corrected chi connectivity index (χ1v) is 10.3. The monoisotopic (exact) mass is 375 g/mol. The molecule has 0 bridgehead atoms. The summed E-state index contributed by atoms with van der Waals surface area (Å²) in [4.78, 5) is 28.7. The highest BCUT2D eigenvalue weighted by Gasteiger charge is 2.52. The van der Waals surface area contributed by atoms with Gasteiger partial charge in [-0.25, -0.2) is 0 Å². The molecule has 2 saturated heterocycles. The molecular formula is C20H29N3O2S. The first-order valence-electron chi connectivity index (χ1n) is 9.32. The van der Waals surface area contributed by atoms with Crippen LogP contribution in [0.2, 0.25) is 0 Å². The number of rotatable bonds is 6. The van der Waals surface area contributed by atoms with E-state index >= 15 is 0 Å². The molecule has 6 heteroatoms. The Hall–Kier alpha value is -1.53. The summed E-state index contributed by atoms with van der Waals surface area (Å²) in [5.41, 5.74) is 2.34. The lowest BCUT2D eigenvalue weighted by molar-refractivity contribution is -0.138. The van der Waals surface area contributed by atoms with Crippen LogP contribution in [0.3, 0.4) is 0 Å². The molecular weight excluding hydrogens is 346 g/mol. The summed E-state index contributed by atoms with van der Waals surface area (Å²) in [7, 11) is 2.12.